The summed E-state index contributed by atoms with van der Waals surface area (Å²) < 4.78 is 34.4. The van der Waals surface area contributed by atoms with Crippen molar-refractivity contribution in [3.8, 4) is 0 Å². The zero-order valence-electron chi connectivity index (χ0n) is 14.2. The Morgan fingerprint density at radius 3 is 2.33 bits per heavy atom. The number of anilines is 4. The van der Waals surface area contributed by atoms with E-state index in [4.69, 9.17) is 0 Å². The monoisotopic (exact) mass is 378 g/mol. The van der Waals surface area contributed by atoms with Crippen molar-refractivity contribution in [2.45, 2.75) is 11.8 Å². The molecule has 134 valence electrons. The maximum Gasteiger partial charge on any atom is 0.298 e. The Kier molecular flexibility index (Phi) is 3.19. The fourth-order valence-corrected chi connectivity index (χ4v) is 4.17. The zero-order valence-corrected chi connectivity index (χ0v) is 15.0. The Morgan fingerprint density at radius 1 is 0.852 bits per heavy atom. The van der Waals surface area contributed by atoms with Crippen LogP contribution in [0, 0.1) is 6.92 Å². The molecule has 5 rings (SSSR count). The first-order valence-electron chi connectivity index (χ1n) is 8.26. The molecule has 0 aliphatic carbocycles. The minimum atomic E-state index is -4.56. The molecule has 0 radical (unpaired) electrons. The second-order valence-corrected chi connectivity index (χ2v) is 7.84. The highest BCUT2D eigenvalue weighted by Crippen LogP contribution is 2.44. The van der Waals surface area contributed by atoms with Crippen LogP contribution < -0.4 is 10.6 Å². The third kappa shape index (κ3) is 2.49. The van der Waals surface area contributed by atoms with Gasteiger partial charge in [-0.25, -0.2) is 9.97 Å². The predicted octanol–water partition coefficient (Wildman–Crippen LogP) is 4.14. The zero-order chi connectivity index (χ0) is 18.8. The van der Waals surface area contributed by atoms with Crippen LogP contribution in [0.4, 0.5) is 22.7 Å². The Balaban J connectivity index is 1.88. The summed E-state index contributed by atoms with van der Waals surface area (Å²) in [5, 5.41) is 6.34. The molecule has 8 heteroatoms. The number of benzene rings is 3. The van der Waals surface area contributed by atoms with Crippen LogP contribution in [0.25, 0.3) is 22.1 Å². The van der Waals surface area contributed by atoms with Gasteiger partial charge in [-0.2, -0.15) is 8.42 Å². The van der Waals surface area contributed by atoms with E-state index in [-0.39, 0.29) is 16.1 Å². The average Bonchev–Trinajstić information content (AvgIpc) is 2.62. The molecule has 3 N–H and O–H groups in total. The van der Waals surface area contributed by atoms with Crippen LogP contribution in [0.3, 0.4) is 0 Å². The van der Waals surface area contributed by atoms with Gasteiger partial charge in [0.15, 0.2) is 0 Å². The normalized spacial score (nSPS) is 13.0. The van der Waals surface area contributed by atoms with Crippen LogP contribution in [0.2, 0.25) is 0 Å². The van der Waals surface area contributed by atoms with Crippen LogP contribution in [0.1, 0.15) is 5.56 Å². The molecule has 0 spiro atoms. The van der Waals surface area contributed by atoms with Crippen molar-refractivity contribution >= 4 is 54.9 Å². The summed E-state index contributed by atoms with van der Waals surface area (Å²) in [5.74, 6) is 0. The number of nitrogens with one attached hydrogen (secondary N) is 2. The maximum atomic E-state index is 12.2. The molecule has 0 unspecified atom stereocenters. The number of rotatable bonds is 1. The van der Waals surface area contributed by atoms with E-state index in [1.807, 2.05) is 31.2 Å². The predicted molar refractivity (Wildman–Crippen MR) is 105 cm³/mol. The van der Waals surface area contributed by atoms with Gasteiger partial charge in [0.25, 0.3) is 10.1 Å². The highest BCUT2D eigenvalue weighted by atomic mass is 32.2. The second kappa shape index (κ2) is 5.38. The maximum absolute atomic E-state index is 12.2. The van der Waals surface area contributed by atoms with Gasteiger partial charge >= 0.3 is 0 Å². The molecule has 27 heavy (non-hydrogen) atoms. The molecular formula is C19H14N4O3S. The van der Waals surface area contributed by atoms with Crippen molar-refractivity contribution < 1.29 is 13.0 Å². The van der Waals surface area contributed by atoms with Crippen LogP contribution in [-0.4, -0.2) is 22.9 Å². The van der Waals surface area contributed by atoms with Gasteiger partial charge in [-0.3, -0.25) is 4.55 Å². The van der Waals surface area contributed by atoms with E-state index in [1.165, 1.54) is 0 Å². The number of aromatic nitrogens is 2. The number of aryl methyl sites for hydroxylation is 1. The van der Waals surface area contributed by atoms with Crippen molar-refractivity contribution in [3.63, 3.8) is 0 Å². The number of fused-ring (bicyclic) bond motifs is 4. The molecule has 7 nitrogen and oxygen atoms in total. The fourth-order valence-electron chi connectivity index (χ4n) is 3.36. The summed E-state index contributed by atoms with van der Waals surface area (Å²) in [7, 11) is -4.56. The summed E-state index contributed by atoms with van der Waals surface area (Å²) >= 11 is 0. The van der Waals surface area contributed by atoms with Crippen LogP contribution in [0.15, 0.2) is 53.4 Å². The highest BCUT2D eigenvalue weighted by molar-refractivity contribution is 7.86. The Hall–Kier alpha value is -3.23. The van der Waals surface area contributed by atoms with Gasteiger partial charge in [-0.05, 0) is 42.8 Å². The number of nitrogens with zero attached hydrogens (tertiary/aromatic N) is 2. The van der Waals surface area contributed by atoms with Crippen molar-refractivity contribution in [1.82, 2.24) is 9.97 Å². The molecule has 0 saturated heterocycles. The van der Waals surface area contributed by atoms with Crippen molar-refractivity contribution in [2.24, 2.45) is 0 Å². The summed E-state index contributed by atoms with van der Waals surface area (Å²) in [4.78, 5) is 8.70. The molecule has 0 fully saturated rings. The van der Waals surface area contributed by atoms with E-state index in [0.717, 1.165) is 11.3 Å². The van der Waals surface area contributed by atoms with Crippen molar-refractivity contribution in [2.75, 3.05) is 10.6 Å². The van der Waals surface area contributed by atoms with Gasteiger partial charge in [-0.15, -0.1) is 0 Å². The topological polar surface area (TPSA) is 104 Å². The lowest BCUT2D eigenvalue weighted by atomic mass is 10.1. The first-order valence-corrected chi connectivity index (χ1v) is 9.70. The molecule has 1 aromatic heterocycles. The van der Waals surface area contributed by atoms with Gasteiger partial charge in [0.2, 0.25) is 0 Å². The number of para-hydroxylation sites is 2. The van der Waals surface area contributed by atoms with Crippen molar-refractivity contribution in [3.05, 3.63) is 54.1 Å². The molecule has 1 aliphatic rings. The quantitative estimate of drug-likeness (QED) is 0.297. The number of hydrogen-bond acceptors (Lipinski definition) is 6. The van der Waals surface area contributed by atoms with E-state index in [0.29, 0.717) is 27.9 Å². The third-order valence-electron chi connectivity index (χ3n) is 4.55. The molecule has 0 bridgehead atoms. The molecule has 4 aromatic rings. The standard InChI is InChI=1S/C19H14N4O3S/c1-10-6-7-13-14(8-10)21-16-9-15-17(19(18(16)23-13)27(24,25)26)22-12-5-3-2-4-11(12)20-15/h2-9,21,23H,1H3,(H,24,25,26). The molecule has 0 saturated carbocycles. The molecule has 3 aromatic carbocycles. The van der Waals surface area contributed by atoms with E-state index in [1.54, 1.807) is 24.3 Å². The molecule has 0 atom stereocenters. The SMILES string of the molecule is Cc1ccc2c(c1)Nc1cc3nc4ccccc4nc3c(S(=O)(=O)O)c1N2. The Labute approximate surface area is 154 Å². The Morgan fingerprint density at radius 2 is 1.59 bits per heavy atom. The minimum Gasteiger partial charge on any atom is -0.352 e. The van der Waals surface area contributed by atoms with E-state index in [2.05, 4.69) is 20.6 Å². The van der Waals surface area contributed by atoms with Gasteiger partial charge in [0.1, 0.15) is 10.4 Å². The Bertz CT molecular complexity index is 1370. The lowest BCUT2D eigenvalue weighted by Crippen LogP contribution is -2.13. The first-order chi connectivity index (χ1) is 12.9. The van der Waals surface area contributed by atoms with Gasteiger partial charge in [-0.1, -0.05) is 18.2 Å². The van der Waals surface area contributed by atoms with Crippen molar-refractivity contribution in [1.29, 1.82) is 0 Å². The summed E-state index contributed by atoms with van der Waals surface area (Å²) in [6.07, 6.45) is 0. The van der Waals surface area contributed by atoms with Gasteiger partial charge in [0, 0.05) is 0 Å². The lowest BCUT2D eigenvalue weighted by Gasteiger charge is -2.25. The summed E-state index contributed by atoms with van der Waals surface area (Å²) in [6.45, 7) is 1.97. The highest BCUT2D eigenvalue weighted by Gasteiger charge is 2.28. The smallest absolute Gasteiger partial charge is 0.298 e. The van der Waals surface area contributed by atoms with E-state index < -0.39 is 10.1 Å². The van der Waals surface area contributed by atoms with E-state index >= 15 is 0 Å². The lowest BCUT2D eigenvalue weighted by molar-refractivity contribution is 0.484. The molecular weight excluding hydrogens is 364 g/mol. The summed E-state index contributed by atoms with van der Waals surface area (Å²) in [5.41, 5.74) is 5.06. The number of hydrogen-bond donors (Lipinski definition) is 3. The van der Waals surface area contributed by atoms with E-state index in [9.17, 15) is 13.0 Å². The average molecular weight is 378 g/mol. The fraction of sp³-hybridized carbons (Fsp3) is 0.0526. The molecule has 1 aliphatic heterocycles. The van der Waals surface area contributed by atoms with Crippen LogP contribution >= 0.6 is 0 Å². The summed E-state index contributed by atoms with van der Waals surface area (Å²) in [6, 6.07) is 14.6. The third-order valence-corrected chi connectivity index (χ3v) is 5.47. The second-order valence-electron chi connectivity index (χ2n) is 6.48. The molecule has 2 heterocycles. The largest absolute Gasteiger partial charge is 0.352 e. The van der Waals surface area contributed by atoms with Crippen LogP contribution in [0.5, 0.6) is 0 Å². The molecule has 0 amide bonds. The van der Waals surface area contributed by atoms with Gasteiger partial charge < -0.3 is 10.6 Å². The minimum absolute atomic E-state index is 0.125. The van der Waals surface area contributed by atoms with Gasteiger partial charge in [0.05, 0.1) is 39.3 Å². The van der Waals surface area contributed by atoms with Crippen LogP contribution in [-0.2, 0) is 10.1 Å². The first kappa shape index (κ1) is 16.0.